The summed E-state index contributed by atoms with van der Waals surface area (Å²) < 4.78 is 0. The number of nitrogens with zero attached hydrogens (tertiary/aromatic N) is 1. The number of Topliss-reactive ketones (excluding diaryl/α,β-unsaturated/α-hetero) is 1. The van der Waals surface area contributed by atoms with Crippen LogP contribution >= 0.6 is 0 Å². The summed E-state index contributed by atoms with van der Waals surface area (Å²) in [7, 11) is 3.37. The molecule has 0 saturated heterocycles. The van der Waals surface area contributed by atoms with Gasteiger partial charge in [-0.3, -0.25) is 14.5 Å². The molecule has 0 radical (unpaired) electrons. The second kappa shape index (κ2) is 6.48. The van der Waals surface area contributed by atoms with Gasteiger partial charge in [0.1, 0.15) is 0 Å². The van der Waals surface area contributed by atoms with Crippen LogP contribution in [0.15, 0.2) is 18.2 Å². The molecule has 1 aromatic rings. The van der Waals surface area contributed by atoms with E-state index in [1.165, 1.54) is 5.56 Å². The molecular formula is C15H22N2O2. The van der Waals surface area contributed by atoms with E-state index in [-0.39, 0.29) is 24.3 Å². The van der Waals surface area contributed by atoms with Crippen LogP contribution in [0.2, 0.25) is 0 Å². The van der Waals surface area contributed by atoms with E-state index in [0.717, 1.165) is 5.56 Å². The van der Waals surface area contributed by atoms with Crippen molar-refractivity contribution >= 4 is 11.7 Å². The minimum absolute atomic E-state index is 0.0366. The molecule has 0 aliphatic carbocycles. The fourth-order valence-corrected chi connectivity index (χ4v) is 1.78. The molecule has 1 N–H and O–H groups in total. The molecule has 1 atom stereocenters. The van der Waals surface area contributed by atoms with Crippen molar-refractivity contribution in [2.75, 3.05) is 20.6 Å². The second-order valence-corrected chi connectivity index (χ2v) is 4.93. The van der Waals surface area contributed by atoms with Crippen LogP contribution in [0.5, 0.6) is 0 Å². The summed E-state index contributed by atoms with van der Waals surface area (Å²) in [6.45, 7) is 6.05. The molecule has 0 aliphatic heterocycles. The van der Waals surface area contributed by atoms with Gasteiger partial charge in [0.15, 0.2) is 5.78 Å². The fraction of sp³-hybridized carbons (Fsp3) is 0.467. The van der Waals surface area contributed by atoms with Crippen LogP contribution in [0.1, 0.15) is 28.4 Å². The summed E-state index contributed by atoms with van der Waals surface area (Å²) >= 11 is 0. The molecule has 1 rings (SSSR count). The van der Waals surface area contributed by atoms with Crippen molar-refractivity contribution in [2.45, 2.75) is 26.8 Å². The largest absolute Gasteiger partial charge is 0.358 e. The van der Waals surface area contributed by atoms with E-state index < -0.39 is 0 Å². The Morgan fingerprint density at radius 2 is 1.89 bits per heavy atom. The van der Waals surface area contributed by atoms with E-state index >= 15 is 0 Å². The van der Waals surface area contributed by atoms with Crippen LogP contribution in [0.3, 0.4) is 0 Å². The predicted octanol–water partition coefficient (Wildman–Crippen LogP) is 1.55. The molecular weight excluding hydrogens is 240 g/mol. The average molecular weight is 262 g/mol. The number of nitrogens with one attached hydrogen (secondary N) is 1. The zero-order chi connectivity index (χ0) is 14.6. The molecule has 0 fully saturated rings. The monoisotopic (exact) mass is 262 g/mol. The Kier molecular flexibility index (Phi) is 5.24. The van der Waals surface area contributed by atoms with Crippen molar-refractivity contribution in [3.63, 3.8) is 0 Å². The standard InChI is InChI=1S/C15H22N2O2/c1-10-6-7-13(8-11(10)2)15(19)12(3)17(5)9-14(18)16-4/h6-8,12H,9H2,1-5H3,(H,16,18). The van der Waals surface area contributed by atoms with Crippen molar-refractivity contribution in [3.8, 4) is 0 Å². The zero-order valence-electron chi connectivity index (χ0n) is 12.3. The Balaban J connectivity index is 2.81. The molecule has 0 heterocycles. The van der Waals surface area contributed by atoms with Crippen molar-refractivity contribution in [1.82, 2.24) is 10.2 Å². The maximum absolute atomic E-state index is 12.3. The summed E-state index contributed by atoms with van der Waals surface area (Å²) in [5.74, 6) is -0.0586. The number of benzene rings is 1. The third-order valence-corrected chi connectivity index (χ3v) is 3.50. The van der Waals surface area contributed by atoms with Crippen molar-refractivity contribution < 1.29 is 9.59 Å². The summed E-state index contributed by atoms with van der Waals surface area (Å²) in [6.07, 6.45) is 0. The lowest BCUT2D eigenvalue weighted by atomic mass is 10.00. The molecule has 4 heteroatoms. The van der Waals surface area contributed by atoms with E-state index in [1.54, 1.807) is 19.0 Å². The third-order valence-electron chi connectivity index (χ3n) is 3.50. The molecule has 0 aromatic heterocycles. The van der Waals surface area contributed by atoms with Gasteiger partial charge in [-0.25, -0.2) is 0 Å². The van der Waals surface area contributed by atoms with Gasteiger partial charge >= 0.3 is 0 Å². The second-order valence-electron chi connectivity index (χ2n) is 4.93. The molecule has 1 unspecified atom stereocenters. The van der Waals surface area contributed by atoms with Gasteiger partial charge in [-0.05, 0) is 45.0 Å². The molecule has 4 nitrogen and oxygen atoms in total. The highest BCUT2D eigenvalue weighted by Crippen LogP contribution is 2.13. The Labute approximate surface area is 114 Å². The Morgan fingerprint density at radius 3 is 2.42 bits per heavy atom. The van der Waals surface area contributed by atoms with Crippen molar-refractivity contribution in [1.29, 1.82) is 0 Å². The molecule has 104 valence electrons. The lowest BCUT2D eigenvalue weighted by Gasteiger charge is -2.22. The zero-order valence-corrected chi connectivity index (χ0v) is 12.3. The van der Waals surface area contributed by atoms with E-state index in [2.05, 4.69) is 5.32 Å². The summed E-state index contributed by atoms with van der Waals surface area (Å²) in [5.41, 5.74) is 2.97. The first-order valence-electron chi connectivity index (χ1n) is 6.39. The SMILES string of the molecule is CNC(=O)CN(C)C(C)C(=O)c1ccc(C)c(C)c1. The van der Waals surface area contributed by atoms with Gasteiger partial charge < -0.3 is 5.32 Å². The number of ketones is 1. The lowest BCUT2D eigenvalue weighted by Crippen LogP contribution is -2.42. The topological polar surface area (TPSA) is 49.4 Å². The van der Waals surface area contributed by atoms with E-state index in [1.807, 2.05) is 39.0 Å². The van der Waals surface area contributed by atoms with Crippen molar-refractivity contribution in [3.05, 3.63) is 34.9 Å². The van der Waals surface area contributed by atoms with Gasteiger partial charge in [0.05, 0.1) is 12.6 Å². The van der Waals surface area contributed by atoms with Crippen LogP contribution in [0, 0.1) is 13.8 Å². The molecule has 0 saturated carbocycles. The number of carbonyl (C=O) groups is 2. The van der Waals surface area contributed by atoms with Crippen LogP contribution in [0.25, 0.3) is 0 Å². The van der Waals surface area contributed by atoms with Crippen LogP contribution in [-0.2, 0) is 4.79 Å². The minimum atomic E-state index is -0.320. The molecule has 19 heavy (non-hydrogen) atoms. The molecule has 1 amide bonds. The van der Waals surface area contributed by atoms with Crippen LogP contribution < -0.4 is 5.32 Å². The van der Waals surface area contributed by atoms with Gasteiger partial charge in [0.2, 0.25) is 5.91 Å². The minimum Gasteiger partial charge on any atom is -0.358 e. The number of likely N-dealkylation sites (N-methyl/N-ethyl adjacent to an activating group) is 2. The number of hydrogen-bond donors (Lipinski definition) is 1. The highest BCUT2D eigenvalue weighted by atomic mass is 16.2. The first-order valence-corrected chi connectivity index (χ1v) is 6.39. The average Bonchev–Trinajstić information content (AvgIpc) is 2.39. The number of amides is 1. The van der Waals surface area contributed by atoms with Crippen LogP contribution in [-0.4, -0.2) is 43.3 Å². The lowest BCUT2D eigenvalue weighted by molar-refractivity contribution is -0.121. The summed E-state index contributed by atoms with van der Waals surface area (Å²) in [5, 5.41) is 2.55. The first-order chi connectivity index (χ1) is 8.86. The van der Waals surface area contributed by atoms with Gasteiger partial charge in [-0.15, -0.1) is 0 Å². The number of hydrogen-bond acceptors (Lipinski definition) is 3. The van der Waals surface area contributed by atoms with Gasteiger partial charge in [0, 0.05) is 12.6 Å². The molecule has 0 bridgehead atoms. The molecule has 0 aliphatic rings. The van der Waals surface area contributed by atoms with Gasteiger partial charge in [-0.1, -0.05) is 12.1 Å². The maximum atomic E-state index is 12.3. The fourth-order valence-electron chi connectivity index (χ4n) is 1.78. The Bertz CT molecular complexity index is 483. The number of carbonyl (C=O) groups excluding carboxylic acids is 2. The number of aryl methyl sites for hydroxylation is 2. The Hall–Kier alpha value is -1.68. The van der Waals surface area contributed by atoms with Gasteiger partial charge in [0.25, 0.3) is 0 Å². The van der Waals surface area contributed by atoms with E-state index in [4.69, 9.17) is 0 Å². The van der Waals surface area contributed by atoms with Crippen molar-refractivity contribution in [2.24, 2.45) is 0 Å². The smallest absolute Gasteiger partial charge is 0.233 e. The number of rotatable bonds is 5. The quantitative estimate of drug-likeness (QED) is 0.819. The highest BCUT2D eigenvalue weighted by molar-refractivity contribution is 6.00. The van der Waals surface area contributed by atoms with E-state index in [0.29, 0.717) is 5.56 Å². The maximum Gasteiger partial charge on any atom is 0.233 e. The summed E-state index contributed by atoms with van der Waals surface area (Å²) in [4.78, 5) is 25.4. The van der Waals surface area contributed by atoms with Gasteiger partial charge in [-0.2, -0.15) is 0 Å². The normalized spacial score (nSPS) is 12.3. The third kappa shape index (κ3) is 3.89. The summed E-state index contributed by atoms with van der Waals surface area (Å²) in [6, 6.07) is 5.38. The van der Waals surface area contributed by atoms with E-state index in [9.17, 15) is 9.59 Å². The first kappa shape index (κ1) is 15.4. The molecule has 1 aromatic carbocycles. The predicted molar refractivity (Wildman–Crippen MR) is 76.4 cm³/mol. The molecule has 0 spiro atoms. The Morgan fingerprint density at radius 1 is 1.26 bits per heavy atom. The highest BCUT2D eigenvalue weighted by Gasteiger charge is 2.21. The van der Waals surface area contributed by atoms with Crippen LogP contribution in [0.4, 0.5) is 0 Å².